The Morgan fingerprint density at radius 1 is 1.36 bits per heavy atom. The van der Waals surface area contributed by atoms with Gasteiger partial charge in [0.1, 0.15) is 12.3 Å². The van der Waals surface area contributed by atoms with E-state index in [1.165, 1.54) is 31.4 Å². The average Bonchev–Trinajstić information content (AvgIpc) is 2.59. The zero-order chi connectivity index (χ0) is 18.4. The molecule has 1 unspecified atom stereocenters. The van der Waals surface area contributed by atoms with Crippen molar-refractivity contribution in [2.24, 2.45) is 5.73 Å². The van der Waals surface area contributed by atoms with Crippen molar-refractivity contribution in [2.75, 3.05) is 46.5 Å². The monoisotopic (exact) mass is 373 g/mol. The van der Waals surface area contributed by atoms with Crippen molar-refractivity contribution in [2.45, 2.75) is 10.3 Å². The molecule has 1 atom stereocenters. The molecular weight excluding hydrogens is 350 g/mol. The number of hydrogen-bond donors (Lipinski definition) is 2. The van der Waals surface area contributed by atoms with Gasteiger partial charge in [-0.15, -0.1) is 0 Å². The minimum Gasteiger partial charge on any atom is -0.497 e. The molecule has 140 valence electrons. The first-order valence-corrected chi connectivity index (χ1v) is 9.31. The van der Waals surface area contributed by atoms with Crippen molar-refractivity contribution in [3.63, 3.8) is 0 Å². The van der Waals surface area contributed by atoms with Crippen molar-refractivity contribution in [3.05, 3.63) is 24.3 Å². The number of nitrogens with two attached hydrogens (primary N) is 1. The van der Waals surface area contributed by atoms with Crippen LogP contribution in [0.5, 0.6) is 5.75 Å². The van der Waals surface area contributed by atoms with Gasteiger partial charge in [0.05, 0.1) is 25.2 Å². The summed E-state index contributed by atoms with van der Waals surface area (Å²) in [5.41, 5.74) is 5.10. The third-order valence-corrected chi connectivity index (χ3v) is 5.95. The molecule has 1 aromatic rings. The lowest BCUT2D eigenvalue weighted by molar-refractivity contribution is -0.140. The summed E-state index contributed by atoms with van der Waals surface area (Å²) in [5.74, 6) is -0.305. The van der Waals surface area contributed by atoms with Crippen LogP contribution in [-0.2, 0) is 19.4 Å². The molecule has 1 aliphatic heterocycles. The Balaban J connectivity index is 2.28. The molecule has 0 bridgehead atoms. The van der Waals surface area contributed by atoms with E-state index in [9.17, 15) is 18.4 Å². The minimum atomic E-state index is -3.94. The van der Waals surface area contributed by atoms with E-state index < -0.39 is 27.7 Å². The second-order valence-electron chi connectivity index (χ2n) is 5.65. The van der Waals surface area contributed by atoms with Gasteiger partial charge in [0, 0.05) is 19.6 Å². The molecule has 0 radical (unpaired) electrons. The molecule has 1 saturated heterocycles. The van der Waals surface area contributed by atoms with E-state index in [4.69, 9.17) is 15.2 Å². The lowest BCUT2D eigenvalue weighted by Gasteiger charge is -2.33. The maximum atomic E-state index is 13.0. The number of sulfone groups is 1. The Labute approximate surface area is 146 Å². The predicted octanol–water partition coefficient (Wildman–Crippen LogP) is -0.696. The second-order valence-corrected chi connectivity index (χ2v) is 7.76. The highest BCUT2D eigenvalue weighted by Crippen LogP contribution is 2.22. The fraction of sp³-hybridized carbons (Fsp3) is 0.533. The van der Waals surface area contributed by atoms with Gasteiger partial charge in [-0.3, -0.25) is 9.69 Å². The van der Waals surface area contributed by atoms with Crippen LogP contribution in [0.25, 0.3) is 0 Å². The number of amides is 1. The molecule has 1 aromatic carbocycles. The molecule has 0 aliphatic carbocycles. The summed E-state index contributed by atoms with van der Waals surface area (Å²) >= 11 is 0. The fourth-order valence-electron chi connectivity index (χ4n) is 2.54. The molecule has 0 spiro atoms. The topological polar surface area (TPSA) is 122 Å². The van der Waals surface area contributed by atoms with E-state index in [0.29, 0.717) is 37.1 Å². The van der Waals surface area contributed by atoms with E-state index in [-0.39, 0.29) is 11.4 Å². The zero-order valence-electron chi connectivity index (χ0n) is 14.0. The van der Waals surface area contributed by atoms with Crippen LogP contribution in [0.3, 0.4) is 0 Å². The Morgan fingerprint density at radius 3 is 2.48 bits per heavy atom. The Morgan fingerprint density at radius 2 is 1.96 bits per heavy atom. The number of carbonyl (C=O) groups excluding carboxylic acids is 1. The zero-order valence-corrected chi connectivity index (χ0v) is 14.8. The summed E-state index contributed by atoms with van der Waals surface area (Å²) in [6.45, 7) is 1.50. The maximum absolute atomic E-state index is 13.0. The highest BCUT2D eigenvalue weighted by molar-refractivity contribution is 7.92. The van der Waals surface area contributed by atoms with Crippen molar-refractivity contribution >= 4 is 15.7 Å². The number of rotatable bonds is 8. The van der Waals surface area contributed by atoms with Crippen molar-refractivity contribution in [3.8, 4) is 5.75 Å². The van der Waals surface area contributed by atoms with E-state index in [1.807, 2.05) is 4.90 Å². The van der Waals surface area contributed by atoms with Gasteiger partial charge in [0.2, 0.25) is 5.91 Å². The highest BCUT2D eigenvalue weighted by Gasteiger charge is 2.35. The quantitative estimate of drug-likeness (QED) is 0.574. The normalized spacial score (nSPS) is 17.4. The van der Waals surface area contributed by atoms with Crippen LogP contribution >= 0.6 is 0 Å². The van der Waals surface area contributed by atoms with Gasteiger partial charge in [-0.25, -0.2) is 8.42 Å². The van der Waals surface area contributed by atoms with Crippen LogP contribution < -0.4 is 10.5 Å². The minimum absolute atomic E-state index is 0.0232. The molecule has 10 heteroatoms. The number of nitrogens with zero attached hydrogens (tertiary/aromatic N) is 2. The van der Waals surface area contributed by atoms with Gasteiger partial charge in [-0.05, 0) is 24.3 Å². The van der Waals surface area contributed by atoms with Crippen molar-refractivity contribution < 1.29 is 27.9 Å². The maximum Gasteiger partial charge on any atom is 0.234 e. The van der Waals surface area contributed by atoms with Gasteiger partial charge in [-0.2, -0.15) is 5.06 Å². The molecule has 1 amide bonds. The molecular formula is C15H23N3O6S. The molecule has 1 fully saturated rings. The lowest BCUT2D eigenvalue weighted by Crippen LogP contribution is -2.51. The highest BCUT2D eigenvalue weighted by atomic mass is 32.2. The number of methoxy groups -OCH3 is 1. The summed E-state index contributed by atoms with van der Waals surface area (Å²) in [7, 11) is -2.46. The number of hydroxylamine groups is 2. The average molecular weight is 373 g/mol. The molecule has 0 saturated carbocycles. The Bertz CT molecular complexity index is 673. The van der Waals surface area contributed by atoms with Gasteiger partial charge in [-0.1, -0.05) is 0 Å². The van der Waals surface area contributed by atoms with E-state index in [0.717, 1.165) is 0 Å². The van der Waals surface area contributed by atoms with Gasteiger partial charge in [0.25, 0.3) is 0 Å². The van der Waals surface area contributed by atoms with Gasteiger partial charge >= 0.3 is 0 Å². The molecule has 9 nitrogen and oxygen atoms in total. The van der Waals surface area contributed by atoms with E-state index >= 15 is 0 Å². The molecule has 1 heterocycles. The van der Waals surface area contributed by atoms with E-state index in [2.05, 4.69) is 0 Å². The predicted molar refractivity (Wildman–Crippen MR) is 88.9 cm³/mol. The van der Waals surface area contributed by atoms with Crippen LogP contribution in [0.1, 0.15) is 0 Å². The van der Waals surface area contributed by atoms with Gasteiger partial charge in [0.15, 0.2) is 15.2 Å². The van der Waals surface area contributed by atoms with Crippen LogP contribution in [0.2, 0.25) is 0 Å². The van der Waals surface area contributed by atoms with Crippen LogP contribution in [0.4, 0.5) is 0 Å². The first-order chi connectivity index (χ1) is 11.8. The first-order valence-electron chi connectivity index (χ1n) is 7.76. The SMILES string of the molecule is COc1ccc(S(=O)(=O)C(CN2CCOCC2)N(O)CC(N)=O)cc1. The van der Waals surface area contributed by atoms with Crippen molar-refractivity contribution in [1.82, 2.24) is 9.96 Å². The number of primary amides is 1. The third-order valence-electron chi connectivity index (χ3n) is 3.91. The number of ether oxygens (including phenoxy) is 2. The summed E-state index contributed by atoms with van der Waals surface area (Å²) < 4.78 is 36.2. The molecule has 3 N–H and O–H groups in total. The summed E-state index contributed by atoms with van der Waals surface area (Å²) in [4.78, 5) is 13.0. The lowest BCUT2D eigenvalue weighted by atomic mass is 10.3. The number of hydrogen-bond acceptors (Lipinski definition) is 8. The molecule has 2 rings (SSSR count). The van der Waals surface area contributed by atoms with E-state index in [1.54, 1.807) is 0 Å². The molecule has 0 aromatic heterocycles. The van der Waals surface area contributed by atoms with Crippen LogP contribution in [0, 0.1) is 0 Å². The Kier molecular flexibility index (Phi) is 6.73. The smallest absolute Gasteiger partial charge is 0.234 e. The first kappa shape index (κ1) is 19.6. The standard InChI is InChI=1S/C15H23N3O6S/c1-23-12-2-4-13(5-3-12)25(21,22)15(18(20)10-14(16)19)11-17-6-8-24-9-7-17/h2-5,15,20H,6-11H2,1H3,(H2,16,19). The summed E-state index contributed by atoms with van der Waals surface area (Å²) in [5, 5.41) is 9.33. The second kappa shape index (κ2) is 8.59. The summed E-state index contributed by atoms with van der Waals surface area (Å²) in [6.07, 6.45) is 0. The number of morpholine rings is 1. The van der Waals surface area contributed by atoms with Crippen LogP contribution in [-0.4, -0.2) is 81.4 Å². The number of carbonyl (C=O) groups is 1. The van der Waals surface area contributed by atoms with Gasteiger partial charge < -0.3 is 20.4 Å². The summed E-state index contributed by atoms with van der Waals surface area (Å²) in [6, 6.07) is 5.85. The largest absolute Gasteiger partial charge is 0.497 e. The fourth-order valence-corrected chi connectivity index (χ4v) is 4.17. The molecule has 25 heavy (non-hydrogen) atoms. The molecule has 1 aliphatic rings. The Hall–Kier alpha value is -1.72. The third kappa shape index (κ3) is 5.13. The van der Waals surface area contributed by atoms with Crippen molar-refractivity contribution in [1.29, 1.82) is 0 Å². The van der Waals surface area contributed by atoms with Crippen LogP contribution in [0.15, 0.2) is 29.2 Å². The number of benzene rings is 1.